The van der Waals surface area contributed by atoms with Crippen molar-refractivity contribution in [3.05, 3.63) is 87.7 Å². The fourth-order valence-corrected chi connectivity index (χ4v) is 5.23. The van der Waals surface area contributed by atoms with Crippen LogP contribution < -0.4 is 4.72 Å². The Hall–Kier alpha value is -2.86. The molecule has 13 heteroatoms. The minimum absolute atomic E-state index is 0.0297. The second-order valence-corrected chi connectivity index (χ2v) is 10.4. The molecular formula is C24H21Cl2F3N2O5S. The lowest BCUT2D eigenvalue weighted by molar-refractivity contribution is -0.274. The zero-order chi connectivity index (χ0) is 27.6. The minimum atomic E-state index is -5.11. The number of hydrogen-bond donors (Lipinski definition) is 2. The van der Waals surface area contributed by atoms with Gasteiger partial charge in [-0.2, -0.15) is 13.2 Å². The van der Waals surface area contributed by atoms with Crippen LogP contribution in [0.25, 0.3) is 0 Å². The average molecular weight is 577 g/mol. The van der Waals surface area contributed by atoms with Gasteiger partial charge in [0.05, 0.1) is 22.8 Å². The molecule has 0 saturated heterocycles. The number of hydrogen-bond acceptors (Lipinski definition) is 6. The topological polar surface area (TPSA) is 106 Å². The highest BCUT2D eigenvalue weighted by atomic mass is 35.5. The van der Waals surface area contributed by atoms with Crippen LogP contribution in [0.2, 0.25) is 10.2 Å². The van der Waals surface area contributed by atoms with Crippen molar-refractivity contribution < 1.29 is 36.2 Å². The normalized spacial score (nSPS) is 14.5. The van der Waals surface area contributed by atoms with E-state index in [9.17, 15) is 31.5 Å². The van der Waals surface area contributed by atoms with E-state index in [-0.39, 0.29) is 38.5 Å². The van der Waals surface area contributed by atoms with Crippen LogP contribution in [-0.4, -0.2) is 37.3 Å². The van der Waals surface area contributed by atoms with E-state index >= 15 is 0 Å². The van der Waals surface area contributed by atoms with Gasteiger partial charge in [-0.15, -0.1) is 0 Å². The maximum Gasteiger partial charge on any atom is 0.422 e. The van der Waals surface area contributed by atoms with Gasteiger partial charge in [-0.05, 0) is 66.6 Å². The average Bonchev–Trinajstić information content (AvgIpc) is 2.82. The summed E-state index contributed by atoms with van der Waals surface area (Å²) in [5.74, 6) is -2.22. The second kappa shape index (κ2) is 10.9. The lowest BCUT2D eigenvalue weighted by Gasteiger charge is -2.37. The van der Waals surface area contributed by atoms with E-state index in [2.05, 4.69) is 9.71 Å². The Balaban J connectivity index is 1.90. The smallest absolute Gasteiger partial charge is 0.422 e. The Morgan fingerprint density at radius 3 is 2.30 bits per heavy atom. The van der Waals surface area contributed by atoms with Gasteiger partial charge in [0.1, 0.15) is 5.15 Å². The third-order valence-electron chi connectivity index (χ3n) is 5.62. The molecule has 0 saturated carbocycles. The van der Waals surface area contributed by atoms with Crippen LogP contribution in [0, 0.1) is 0 Å². The molecule has 0 fully saturated rings. The number of carbonyl (C=O) groups is 1. The Morgan fingerprint density at radius 1 is 1.11 bits per heavy atom. The number of nitrogens with one attached hydrogen (secondary N) is 1. The number of carbonyl (C=O) groups excluding carboxylic acids is 1. The molecule has 0 aliphatic heterocycles. The molecule has 0 bridgehead atoms. The molecule has 2 N–H and O–H groups in total. The summed E-state index contributed by atoms with van der Waals surface area (Å²) in [6.45, 7) is 2.93. The van der Waals surface area contributed by atoms with Crippen molar-refractivity contribution >= 4 is 44.9 Å². The zero-order valence-electron chi connectivity index (χ0n) is 19.4. The summed E-state index contributed by atoms with van der Waals surface area (Å²) in [7, 11) is -4.13. The molecule has 0 amide bonds. The van der Waals surface area contributed by atoms with Gasteiger partial charge < -0.3 is 9.84 Å². The molecular weight excluding hydrogens is 556 g/mol. The maximum atomic E-state index is 14.1. The monoisotopic (exact) mass is 576 g/mol. The Morgan fingerprint density at radius 2 is 1.76 bits per heavy atom. The number of nitrogens with zero attached hydrogens (tertiary/aromatic N) is 1. The molecule has 7 nitrogen and oxygen atoms in total. The highest BCUT2D eigenvalue weighted by molar-refractivity contribution is 7.92. The van der Waals surface area contributed by atoms with Gasteiger partial charge in [0.15, 0.2) is 5.60 Å². The van der Waals surface area contributed by atoms with Crippen molar-refractivity contribution in [2.45, 2.75) is 36.4 Å². The molecule has 0 aliphatic carbocycles. The second-order valence-electron chi connectivity index (χ2n) is 7.94. The van der Waals surface area contributed by atoms with E-state index in [0.29, 0.717) is 0 Å². The Kier molecular flexibility index (Phi) is 8.43. The standard InChI is InChI=1S/C24H21Cl2F3N2O5S/c1-3-36-22(32)15-4-7-18(8-5-15)37(34,35)31-17-6-9-19(20(25)13-17)14(2)23(33,24(27,28)29)16-10-11-30-21(26)12-16/h4-14,31,33H,3H2,1-2H3. The van der Waals surface area contributed by atoms with E-state index in [1.165, 1.54) is 36.4 Å². The highest BCUT2D eigenvalue weighted by Crippen LogP contribution is 2.50. The van der Waals surface area contributed by atoms with Crippen LogP contribution in [0.5, 0.6) is 0 Å². The van der Waals surface area contributed by atoms with Crippen LogP contribution in [0.3, 0.4) is 0 Å². The van der Waals surface area contributed by atoms with Gasteiger partial charge in [0.25, 0.3) is 10.0 Å². The van der Waals surface area contributed by atoms with Gasteiger partial charge in [-0.1, -0.05) is 36.2 Å². The number of sulfonamides is 1. The molecule has 37 heavy (non-hydrogen) atoms. The molecule has 3 aromatic rings. The largest absolute Gasteiger partial charge is 0.462 e. The van der Waals surface area contributed by atoms with Crippen molar-refractivity contribution in [1.29, 1.82) is 0 Å². The summed E-state index contributed by atoms with van der Waals surface area (Å²) in [5, 5.41) is 10.4. The molecule has 2 atom stereocenters. The fraction of sp³-hybridized carbons (Fsp3) is 0.250. The lowest BCUT2D eigenvalue weighted by Crippen LogP contribution is -2.46. The van der Waals surface area contributed by atoms with Gasteiger partial charge in [-0.3, -0.25) is 4.72 Å². The third-order valence-corrected chi connectivity index (χ3v) is 7.55. The molecule has 2 unspecified atom stereocenters. The first-order chi connectivity index (χ1) is 17.2. The molecule has 0 radical (unpaired) electrons. The van der Waals surface area contributed by atoms with Crippen molar-refractivity contribution in [2.24, 2.45) is 0 Å². The van der Waals surface area contributed by atoms with E-state index in [4.69, 9.17) is 27.9 Å². The Labute approximate surface area is 221 Å². The van der Waals surface area contributed by atoms with Crippen LogP contribution in [0.4, 0.5) is 18.9 Å². The van der Waals surface area contributed by atoms with Crippen LogP contribution in [-0.2, 0) is 20.4 Å². The number of anilines is 1. The molecule has 198 valence electrons. The molecule has 1 heterocycles. The zero-order valence-corrected chi connectivity index (χ0v) is 21.7. The van der Waals surface area contributed by atoms with Gasteiger partial charge in [-0.25, -0.2) is 18.2 Å². The summed E-state index contributed by atoms with van der Waals surface area (Å²) in [4.78, 5) is 15.2. The summed E-state index contributed by atoms with van der Waals surface area (Å²) < 4.78 is 75.0. The van der Waals surface area contributed by atoms with Crippen molar-refractivity contribution in [3.8, 4) is 0 Å². The third kappa shape index (κ3) is 6.01. The Bertz CT molecular complexity index is 1400. The van der Waals surface area contributed by atoms with Gasteiger partial charge in [0, 0.05) is 17.1 Å². The van der Waals surface area contributed by atoms with Gasteiger partial charge >= 0.3 is 12.1 Å². The number of aliphatic hydroxyl groups is 1. The minimum Gasteiger partial charge on any atom is -0.462 e. The number of ether oxygens (including phenoxy) is 1. The molecule has 3 rings (SSSR count). The number of halogens is 5. The fourth-order valence-electron chi connectivity index (χ4n) is 3.66. The summed E-state index contributed by atoms with van der Waals surface area (Å²) in [6, 6.07) is 10.4. The number of pyridine rings is 1. The predicted octanol–water partition coefficient (Wildman–Crippen LogP) is 5.92. The number of benzene rings is 2. The van der Waals surface area contributed by atoms with Crippen LogP contribution >= 0.6 is 23.2 Å². The van der Waals surface area contributed by atoms with Gasteiger partial charge in [0.2, 0.25) is 0 Å². The summed E-state index contributed by atoms with van der Waals surface area (Å²) in [5.41, 5.74) is -3.85. The summed E-state index contributed by atoms with van der Waals surface area (Å²) >= 11 is 12.0. The van der Waals surface area contributed by atoms with Crippen molar-refractivity contribution in [1.82, 2.24) is 4.98 Å². The first-order valence-corrected chi connectivity index (χ1v) is 12.9. The molecule has 0 spiro atoms. The lowest BCUT2D eigenvalue weighted by atomic mass is 9.78. The number of rotatable bonds is 8. The van der Waals surface area contributed by atoms with E-state index < -0.39 is 39.3 Å². The molecule has 1 aromatic heterocycles. The first kappa shape index (κ1) is 28.7. The van der Waals surface area contributed by atoms with Crippen molar-refractivity contribution in [3.63, 3.8) is 0 Å². The number of esters is 1. The van der Waals surface area contributed by atoms with E-state index in [1.54, 1.807) is 6.92 Å². The number of aromatic nitrogens is 1. The molecule has 2 aromatic carbocycles. The predicted molar refractivity (Wildman–Crippen MR) is 132 cm³/mol. The van der Waals surface area contributed by atoms with Crippen LogP contribution in [0.1, 0.15) is 41.3 Å². The highest BCUT2D eigenvalue weighted by Gasteiger charge is 2.59. The van der Waals surface area contributed by atoms with Crippen molar-refractivity contribution in [2.75, 3.05) is 11.3 Å². The van der Waals surface area contributed by atoms with Crippen LogP contribution in [0.15, 0.2) is 65.7 Å². The quantitative estimate of drug-likeness (QED) is 0.255. The summed E-state index contributed by atoms with van der Waals surface area (Å²) in [6.07, 6.45) is -4.07. The number of alkyl halides is 3. The SMILES string of the molecule is CCOC(=O)c1ccc(S(=O)(=O)Nc2ccc(C(C)C(O)(c3ccnc(Cl)c3)C(F)(F)F)c(Cl)c2)cc1. The van der Waals surface area contributed by atoms with E-state index in [0.717, 1.165) is 31.3 Å². The molecule has 0 aliphatic rings. The van der Waals surface area contributed by atoms with E-state index in [1.807, 2.05) is 0 Å². The maximum absolute atomic E-state index is 14.1. The first-order valence-electron chi connectivity index (χ1n) is 10.7.